The van der Waals surface area contributed by atoms with Crippen LogP contribution < -0.4 is 9.47 Å². The van der Waals surface area contributed by atoms with E-state index in [2.05, 4.69) is 0 Å². The van der Waals surface area contributed by atoms with Gasteiger partial charge in [0.25, 0.3) is 0 Å². The van der Waals surface area contributed by atoms with Crippen molar-refractivity contribution in [3.63, 3.8) is 0 Å². The molecule has 0 saturated carbocycles. The van der Waals surface area contributed by atoms with Gasteiger partial charge in [0, 0.05) is 40.5 Å². The molecule has 2 aliphatic rings. The molecule has 2 aliphatic heterocycles. The maximum Gasteiger partial charge on any atom is 0.176 e. The van der Waals surface area contributed by atoms with Crippen LogP contribution in [0.1, 0.15) is 47.9 Å². The number of carbonyl (C=O) groups excluding carboxylic acids is 2. The maximum absolute atomic E-state index is 13.0. The molecule has 0 bridgehead atoms. The first kappa shape index (κ1) is 24.5. The van der Waals surface area contributed by atoms with E-state index in [0.717, 1.165) is 12.1 Å². The number of phenolic OH excluding ortho intramolecular Hbond substituents is 6. The van der Waals surface area contributed by atoms with Gasteiger partial charge in [0.1, 0.15) is 69.3 Å². The van der Waals surface area contributed by atoms with Crippen molar-refractivity contribution in [3.05, 3.63) is 35.4 Å². The normalized spacial score (nSPS) is 20.4. The quantitative estimate of drug-likeness (QED) is 0.199. The molecule has 2 heterocycles. The van der Waals surface area contributed by atoms with Gasteiger partial charge in [0.2, 0.25) is 0 Å². The number of hydrogen-bond acceptors (Lipinski definition) is 10. The number of benzene rings is 4. The molecule has 0 radical (unpaired) electrons. The molecule has 0 aliphatic carbocycles. The molecule has 0 saturated heterocycles. The minimum Gasteiger partial charge on any atom is -0.507 e. The Morgan fingerprint density at radius 3 is 1.67 bits per heavy atom. The first-order valence-corrected chi connectivity index (χ1v) is 12.3. The average molecular weight is 533 g/mol. The molecule has 0 amide bonds. The summed E-state index contributed by atoms with van der Waals surface area (Å²) in [5.41, 5.74) is -0.428. The van der Waals surface area contributed by atoms with Gasteiger partial charge in [-0.2, -0.15) is 0 Å². The molecule has 6 rings (SSSR count). The van der Waals surface area contributed by atoms with E-state index < -0.39 is 58.4 Å². The molecule has 0 spiro atoms. The van der Waals surface area contributed by atoms with Crippen molar-refractivity contribution in [2.24, 2.45) is 5.92 Å². The lowest BCUT2D eigenvalue weighted by molar-refractivity contribution is 0.0725. The van der Waals surface area contributed by atoms with Crippen LogP contribution in [0.25, 0.3) is 32.7 Å². The van der Waals surface area contributed by atoms with Crippen molar-refractivity contribution in [1.29, 1.82) is 0 Å². The van der Waals surface area contributed by atoms with E-state index in [1.807, 2.05) is 0 Å². The van der Waals surface area contributed by atoms with Gasteiger partial charge in [-0.15, -0.1) is 0 Å². The largest absolute Gasteiger partial charge is 0.507 e. The van der Waals surface area contributed by atoms with Gasteiger partial charge >= 0.3 is 0 Å². The number of Topliss-reactive ketones (excluding diaryl/α,β-unsaturated/α-hetero) is 2. The molecule has 0 unspecified atom stereocenters. The fourth-order valence-corrected chi connectivity index (χ4v) is 5.61. The lowest BCUT2D eigenvalue weighted by atomic mass is 9.85. The highest BCUT2D eigenvalue weighted by molar-refractivity contribution is 6.19. The first-order chi connectivity index (χ1) is 18.4. The fourth-order valence-electron chi connectivity index (χ4n) is 5.61. The number of phenols is 6. The highest BCUT2D eigenvalue weighted by Crippen LogP contribution is 2.55. The molecule has 4 aromatic carbocycles. The third kappa shape index (κ3) is 3.27. The van der Waals surface area contributed by atoms with E-state index in [9.17, 15) is 40.2 Å². The van der Waals surface area contributed by atoms with Crippen LogP contribution >= 0.6 is 0 Å². The average Bonchev–Trinajstić information content (AvgIpc) is 2.83. The molecular formula is C29H24O10. The summed E-state index contributed by atoms with van der Waals surface area (Å²) in [6, 6.07) is 4.63. The molecule has 0 aromatic heterocycles. The standard InChI is InChI=1S/C29H24O10/c1-9-4-14(30)25-19(38-9)5-12-21(15(31)7-17(33)23(12)28(25)36)22-13-6-20-26(27(35)10(2)11(3)39-20)29(37)24(13)18(34)8-16(22)32/h5-11,31-34,36-37H,4H2,1-3H3/t9-,10-,11-/m1/s1. The Bertz CT molecular complexity index is 1790. The second-order valence-electron chi connectivity index (χ2n) is 10.2. The number of aromatic hydroxyl groups is 6. The smallest absolute Gasteiger partial charge is 0.176 e. The van der Waals surface area contributed by atoms with Gasteiger partial charge < -0.3 is 40.1 Å². The minimum atomic E-state index is -0.566. The van der Waals surface area contributed by atoms with Crippen molar-refractivity contribution in [1.82, 2.24) is 0 Å². The summed E-state index contributed by atoms with van der Waals surface area (Å²) in [7, 11) is 0. The van der Waals surface area contributed by atoms with E-state index in [-0.39, 0.29) is 67.5 Å². The Morgan fingerprint density at radius 2 is 1.13 bits per heavy atom. The molecule has 10 heteroatoms. The molecule has 10 nitrogen and oxygen atoms in total. The van der Waals surface area contributed by atoms with Crippen molar-refractivity contribution >= 4 is 33.1 Å². The molecule has 3 atom stereocenters. The lowest BCUT2D eigenvalue weighted by Gasteiger charge is -2.29. The Balaban J connectivity index is 1.77. The summed E-state index contributed by atoms with van der Waals surface area (Å²) in [4.78, 5) is 25.7. The summed E-state index contributed by atoms with van der Waals surface area (Å²) in [6.07, 6.45) is -1.01. The predicted octanol–water partition coefficient (Wildman–Crippen LogP) is 4.85. The Labute approximate surface area is 220 Å². The third-order valence-electron chi connectivity index (χ3n) is 7.65. The predicted molar refractivity (Wildman–Crippen MR) is 140 cm³/mol. The number of hydrogen-bond donors (Lipinski definition) is 6. The van der Waals surface area contributed by atoms with Gasteiger partial charge in [-0.05, 0) is 26.0 Å². The lowest BCUT2D eigenvalue weighted by Crippen LogP contribution is -2.33. The monoisotopic (exact) mass is 532 g/mol. The summed E-state index contributed by atoms with van der Waals surface area (Å²) < 4.78 is 11.7. The molecule has 6 N–H and O–H groups in total. The van der Waals surface area contributed by atoms with Gasteiger partial charge in [-0.25, -0.2) is 0 Å². The Hall–Kier alpha value is -4.86. The van der Waals surface area contributed by atoms with Crippen LogP contribution in [-0.2, 0) is 0 Å². The highest BCUT2D eigenvalue weighted by atomic mass is 16.5. The number of carbonyl (C=O) groups is 2. The summed E-state index contributed by atoms with van der Waals surface area (Å²) in [5, 5.41) is 65.4. The van der Waals surface area contributed by atoms with Gasteiger partial charge in [-0.3, -0.25) is 9.59 Å². The van der Waals surface area contributed by atoms with Crippen LogP contribution in [0.4, 0.5) is 0 Å². The summed E-state index contributed by atoms with van der Waals surface area (Å²) >= 11 is 0. The molecule has 0 fully saturated rings. The summed E-state index contributed by atoms with van der Waals surface area (Å²) in [6.45, 7) is 5.03. The van der Waals surface area contributed by atoms with Gasteiger partial charge in [0.05, 0.1) is 16.7 Å². The van der Waals surface area contributed by atoms with Crippen LogP contribution in [0, 0.1) is 5.92 Å². The molecule has 4 aromatic rings. The Morgan fingerprint density at radius 1 is 0.641 bits per heavy atom. The van der Waals surface area contributed by atoms with Gasteiger partial charge in [0.15, 0.2) is 11.6 Å². The third-order valence-corrected chi connectivity index (χ3v) is 7.65. The zero-order valence-corrected chi connectivity index (χ0v) is 21.1. The van der Waals surface area contributed by atoms with E-state index in [4.69, 9.17) is 9.47 Å². The highest BCUT2D eigenvalue weighted by Gasteiger charge is 2.37. The topological polar surface area (TPSA) is 174 Å². The number of rotatable bonds is 1. The fraction of sp³-hybridized carbons (Fsp3) is 0.241. The zero-order chi connectivity index (χ0) is 28.1. The zero-order valence-electron chi connectivity index (χ0n) is 21.1. The Kier molecular flexibility index (Phi) is 5.06. The van der Waals surface area contributed by atoms with Crippen LogP contribution in [0.15, 0.2) is 24.3 Å². The SMILES string of the molecule is C[C@@H]1CC(=O)c2c(cc3c(-c4c(O)cc(O)c5c(O)c6c(cc45)O[C@H](C)[C@@H](C)C6=O)c(O)cc(O)c3c2O)O1. The number of fused-ring (bicyclic) bond motifs is 4. The summed E-state index contributed by atoms with van der Waals surface area (Å²) in [5.74, 6) is -4.52. The number of ketones is 2. The van der Waals surface area contributed by atoms with Gasteiger partial charge in [-0.1, -0.05) is 6.92 Å². The van der Waals surface area contributed by atoms with Crippen molar-refractivity contribution in [3.8, 4) is 57.1 Å². The van der Waals surface area contributed by atoms with Crippen molar-refractivity contribution < 1.29 is 49.7 Å². The number of ether oxygens (including phenoxy) is 2. The van der Waals surface area contributed by atoms with E-state index in [0.29, 0.717) is 0 Å². The van der Waals surface area contributed by atoms with E-state index in [1.54, 1.807) is 20.8 Å². The van der Waals surface area contributed by atoms with Crippen LogP contribution in [0.5, 0.6) is 46.0 Å². The maximum atomic E-state index is 13.0. The van der Waals surface area contributed by atoms with E-state index in [1.165, 1.54) is 12.1 Å². The van der Waals surface area contributed by atoms with Crippen molar-refractivity contribution in [2.45, 2.75) is 39.4 Å². The van der Waals surface area contributed by atoms with Crippen LogP contribution in [0.3, 0.4) is 0 Å². The van der Waals surface area contributed by atoms with Crippen molar-refractivity contribution in [2.75, 3.05) is 0 Å². The molecular weight excluding hydrogens is 508 g/mol. The van der Waals surface area contributed by atoms with Crippen LogP contribution in [-0.4, -0.2) is 54.4 Å². The second kappa shape index (κ2) is 8.07. The molecule has 39 heavy (non-hydrogen) atoms. The molecule has 200 valence electrons. The minimum absolute atomic E-state index is 0.0152. The van der Waals surface area contributed by atoms with Crippen LogP contribution in [0.2, 0.25) is 0 Å². The first-order valence-electron chi connectivity index (χ1n) is 12.3. The van der Waals surface area contributed by atoms with E-state index >= 15 is 0 Å². The second-order valence-corrected chi connectivity index (χ2v) is 10.2.